The zero-order valence-corrected chi connectivity index (χ0v) is 36.1. The summed E-state index contributed by atoms with van der Waals surface area (Å²) in [5, 5.41) is 13.5. The first-order chi connectivity index (χ1) is 28.6. The van der Waals surface area contributed by atoms with E-state index in [1.54, 1.807) is 45.0 Å². The SMILES string of the molecule is CC[C@H](NC(=O)[C@@H]1C[C@@H](F)CN1C(=O)C1(C(F)(F)F)CCCCC1)C(=O)N[C@H]1CCCCNC(=O)C(C)(C)NC(=O)[C@H](Cc2ccccc2)N(C)C(=O)[C@H](CC(C)C)NC1=O. The summed E-state index contributed by atoms with van der Waals surface area (Å²) in [5.41, 5.74) is -3.35. The number of alkyl halides is 4. The fourth-order valence-corrected chi connectivity index (χ4v) is 8.42. The molecule has 1 saturated carbocycles. The number of hydrogen-bond donors (Lipinski definition) is 5. The molecule has 7 amide bonds. The fourth-order valence-electron chi connectivity index (χ4n) is 8.42. The average molecular weight is 866 g/mol. The second-order valence-corrected chi connectivity index (χ2v) is 17.7. The van der Waals surface area contributed by atoms with Crippen LogP contribution >= 0.6 is 0 Å². The highest BCUT2D eigenvalue weighted by atomic mass is 19.4. The largest absolute Gasteiger partial charge is 0.403 e. The van der Waals surface area contributed by atoms with Crippen LogP contribution in [0, 0.1) is 11.3 Å². The maximum absolute atomic E-state index is 14.9. The number of nitrogens with one attached hydrogen (secondary N) is 5. The molecule has 2 aliphatic heterocycles. The molecule has 340 valence electrons. The van der Waals surface area contributed by atoms with Crippen molar-refractivity contribution in [3.63, 3.8) is 0 Å². The Morgan fingerprint density at radius 2 is 1.61 bits per heavy atom. The molecule has 0 unspecified atom stereocenters. The van der Waals surface area contributed by atoms with Gasteiger partial charge >= 0.3 is 6.18 Å². The molecule has 3 fully saturated rings. The van der Waals surface area contributed by atoms with E-state index in [0.29, 0.717) is 24.2 Å². The Labute approximate surface area is 355 Å². The Morgan fingerprint density at radius 3 is 2.21 bits per heavy atom. The molecule has 3 aliphatic rings. The molecule has 61 heavy (non-hydrogen) atoms. The summed E-state index contributed by atoms with van der Waals surface area (Å²) in [6, 6.07) is 2.58. The Bertz CT molecular complexity index is 1740. The topological polar surface area (TPSA) is 186 Å². The normalized spacial score (nSPS) is 26.2. The van der Waals surface area contributed by atoms with Gasteiger partial charge in [-0.05, 0) is 70.3 Å². The molecular formula is C43H63F4N7O7. The van der Waals surface area contributed by atoms with Crippen molar-refractivity contribution in [1.29, 1.82) is 0 Å². The molecule has 2 saturated heterocycles. The van der Waals surface area contributed by atoms with Crippen LogP contribution < -0.4 is 26.6 Å². The van der Waals surface area contributed by atoms with Gasteiger partial charge in [-0.2, -0.15) is 13.2 Å². The summed E-state index contributed by atoms with van der Waals surface area (Å²) < 4.78 is 58.3. The van der Waals surface area contributed by atoms with Gasteiger partial charge in [-0.1, -0.05) is 70.4 Å². The Hall–Kier alpha value is -4.77. The number of amides is 7. The molecule has 0 spiro atoms. The zero-order valence-electron chi connectivity index (χ0n) is 36.1. The van der Waals surface area contributed by atoms with Crippen molar-refractivity contribution in [3.8, 4) is 0 Å². The molecule has 14 nitrogen and oxygen atoms in total. The molecule has 4 rings (SSSR count). The molecule has 6 atom stereocenters. The number of likely N-dealkylation sites (N-methyl/N-ethyl adjacent to an activating group) is 1. The number of hydrogen-bond acceptors (Lipinski definition) is 7. The van der Waals surface area contributed by atoms with Crippen molar-refractivity contribution in [2.24, 2.45) is 11.3 Å². The highest BCUT2D eigenvalue weighted by Crippen LogP contribution is 2.51. The number of carbonyl (C=O) groups excluding carboxylic acids is 7. The van der Waals surface area contributed by atoms with Gasteiger partial charge in [0.05, 0.1) is 6.54 Å². The fraction of sp³-hybridized carbons (Fsp3) is 0.698. The first kappa shape index (κ1) is 48.9. The van der Waals surface area contributed by atoms with Gasteiger partial charge < -0.3 is 36.4 Å². The van der Waals surface area contributed by atoms with Crippen molar-refractivity contribution in [1.82, 2.24) is 36.4 Å². The van der Waals surface area contributed by atoms with Crippen molar-refractivity contribution in [2.45, 2.75) is 160 Å². The van der Waals surface area contributed by atoms with Gasteiger partial charge in [-0.25, -0.2) is 4.39 Å². The number of carbonyl (C=O) groups is 7. The van der Waals surface area contributed by atoms with Gasteiger partial charge in [-0.15, -0.1) is 0 Å². The minimum absolute atomic E-state index is 0.0376. The van der Waals surface area contributed by atoms with Crippen LogP contribution in [0.25, 0.3) is 0 Å². The number of halogens is 4. The van der Waals surface area contributed by atoms with Gasteiger partial charge in [-0.3, -0.25) is 33.6 Å². The van der Waals surface area contributed by atoms with E-state index in [2.05, 4.69) is 26.6 Å². The molecular weight excluding hydrogens is 803 g/mol. The Morgan fingerprint density at radius 1 is 0.951 bits per heavy atom. The summed E-state index contributed by atoms with van der Waals surface area (Å²) in [6.45, 7) is 7.83. The van der Waals surface area contributed by atoms with Crippen LogP contribution in [0.2, 0.25) is 0 Å². The number of benzene rings is 1. The lowest BCUT2D eigenvalue weighted by Gasteiger charge is -2.41. The summed E-state index contributed by atoms with van der Waals surface area (Å²) in [4.78, 5) is 98.7. The molecule has 18 heteroatoms. The van der Waals surface area contributed by atoms with Crippen LogP contribution in [0.3, 0.4) is 0 Å². The van der Waals surface area contributed by atoms with E-state index in [4.69, 9.17) is 0 Å². The highest BCUT2D eigenvalue weighted by molar-refractivity contribution is 5.98. The van der Waals surface area contributed by atoms with E-state index in [1.165, 1.54) is 11.9 Å². The third-order valence-electron chi connectivity index (χ3n) is 12.1. The van der Waals surface area contributed by atoms with E-state index in [0.717, 1.165) is 5.56 Å². The number of rotatable bonds is 10. The summed E-state index contributed by atoms with van der Waals surface area (Å²) in [6.07, 6.45) is -6.40. The zero-order chi connectivity index (χ0) is 45.3. The smallest absolute Gasteiger partial charge is 0.354 e. The van der Waals surface area contributed by atoms with Crippen LogP contribution in [0.1, 0.15) is 111 Å². The lowest BCUT2D eigenvalue weighted by molar-refractivity contribution is -0.236. The predicted octanol–water partition coefficient (Wildman–Crippen LogP) is 3.61. The summed E-state index contributed by atoms with van der Waals surface area (Å²) in [5.74, 6) is -5.64. The maximum atomic E-state index is 14.9. The summed E-state index contributed by atoms with van der Waals surface area (Å²) in [7, 11) is 1.45. The van der Waals surface area contributed by atoms with Crippen LogP contribution in [-0.4, -0.2) is 119 Å². The lowest BCUT2D eigenvalue weighted by Crippen LogP contribution is -2.62. The van der Waals surface area contributed by atoms with E-state index in [9.17, 15) is 51.1 Å². The predicted molar refractivity (Wildman–Crippen MR) is 218 cm³/mol. The van der Waals surface area contributed by atoms with Crippen LogP contribution in [0.5, 0.6) is 0 Å². The van der Waals surface area contributed by atoms with E-state index in [-0.39, 0.29) is 51.0 Å². The number of nitrogens with zero attached hydrogens (tertiary/aromatic N) is 2. The molecule has 0 bridgehead atoms. The minimum Gasteiger partial charge on any atom is -0.354 e. The molecule has 1 aliphatic carbocycles. The van der Waals surface area contributed by atoms with Crippen molar-refractivity contribution in [3.05, 3.63) is 35.9 Å². The standard InChI is InChI=1S/C43H63F4N7O7/c1-7-29(49-36(57)33-24-28(44)25-54(33)40(61)42(43(45,46)47)19-13-9-14-20-42)34(55)50-30-18-12-15-21-48-39(60)41(4,5)52-37(58)32(23-27-16-10-8-11-17-27)53(6)38(59)31(22-26(2)3)51-35(30)56/h8,10-11,16-17,26,28-33H,7,9,12-15,18-25H2,1-6H3,(H,48,60)(H,49,57)(H,50,55)(H,51,56)(H,52,58)/t28-,29+,30+,31+,32+,33+/m1/s1. The van der Waals surface area contributed by atoms with Gasteiger partial charge in [0, 0.05) is 26.4 Å². The van der Waals surface area contributed by atoms with Gasteiger partial charge in [0.15, 0.2) is 0 Å². The molecule has 5 N–H and O–H groups in total. The lowest BCUT2D eigenvalue weighted by atomic mass is 9.72. The van der Waals surface area contributed by atoms with Gasteiger partial charge in [0.25, 0.3) is 0 Å². The second-order valence-electron chi connectivity index (χ2n) is 17.7. The third kappa shape index (κ3) is 12.2. The van der Waals surface area contributed by atoms with E-state index >= 15 is 0 Å². The molecule has 1 aromatic carbocycles. The van der Waals surface area contributed by atoms with Crippen LogP contribution in [-0.2, 0) is 40.0 Å². The first-order valence-corrected chi connectivity index (χ1v) is 21.5. The second kappa shape index (κ2) is 20.9. The monoisotopic (exact) mass is 865 g/mol. The first-order valence-electron chi connectivity index (χ1n) is 21.5. The highest BCUT2D eigenvalue weighted by Gasteiger charge is 2.62. The Balaban J connectivity index is 1.58. The Kier molecular flexibility index (Phi) is 16.7. The van der Waals surface area contributed by atoms with Crippen molar-refractivity contribution < 1.29 is 51.1 Å². The van der Waals surface area contributed by atoms with E-state index < -0.39 is 121 Å². The quantitative estimate of drug-likeness (QED) is 0.223. The molecule has 1 aromatic rings. The van der Waals surface area contributed by atoms with Crippen molar-refractivity contribution >= 4 is 41.4 Å². The minimum atomic E-state index is -4.91. The maximum Gasteiger partial charge on any atom is 0.403 e. The van der Waals surface area contributed by atoms with Crippen LogP contribution in [0.15, 0.2) is 30.3 Å². The molecule has 2 heterocycles. The number of likely N-dealkylation sites (tertiary alicyclic amines) is 1. The van der Waals surface area contributed by atoms with E-state index in [1.807, 2.05) is 19.9 Å². The average Bonchev–Trinajstić information content (AvgIpc) is 3.60. The van der Waals surface area contributed by atoms with Gasteiger partial charge in [0.1, 0.15) is 47.3 Å². The van der Waals surface area contributed by atoms with Crippen LogP contribution in [0.4, 0.5) is 17.6 Å². The third-order valence-corrected chi connectivity index (χ3v) is 12.1. The molecule has 0 aromatic heterocycles. The molecule has 0 radical (unpaired) electrons. The van der Waals surface area contributed by atoms with Gasteiger partial charge in [0.2, 0.25) is 41.4 Å². The van der Waals surface area contributed by atoms with Crippen molar-refractivity contribution in [2.75, 3.05) is 20.1 Å². The summed E-state index contributed by atoms with van der Waals surface area (Å²) >= 11 is 0.